The zero-order valence-corrected chi connectivity index (χ0v) is 14.7. The molecular formula is C19H19FN4O3. The van der Waals surface area contributed by atoms with Crippen molar-refractivity contribution in [3.05, 3.63) is 58.7 Å². The number of aromatic nitrogens is 2. The Balaban J connectivity index is 2.19. The highest BCUT2D eigenvalue weighted by Crippen LogP contribution is 2.33. The molecule has 27 heavy (non-hydrogen) atoms. The average molecular weight is 370 g/mol. The van der Waals surface area contributed by atoms with Gasteiger partial charge < -0.3 is 20.0 Å². The first-order valence-corrected chi connectivity index (χ1v) is 8.44. The first-order valence-electron chi connectivity index (χ1n) is 8.44. The van der Waals surface area contributed by atoms with Gasteiger partial charge >= 0.3 is 0 Å². The maximum atomic E-state index is 12.4. The second kappa shape index (κ2) is 7.86. The van der Waals surface area contributed by atoms with Gasteiger partial charge in [0, 0.05) is 36.5 Å². The van der Waals surface area contributed by atoms with E-state index in [1.54, 1.807) is 35.0 Å². The van der Waals surface area contributed by atoms with E-state index in [0.29, 0.717) is 29.1 Å². The predicted octanol–water partition coefficient (Wildman–Crippen LogP) is 2.47. The van der Waals surface area contributed by atoms with Crippen molar-refractivity contribution in [3.63, 3.8) is 0 Å². The fraction of sp³-hybridized carbons (Fsp3) is 0.211. The SMILES string of the molecule is CCn1cc(-c2cc(C(=O)NCCF)c(N)nc2-c2ccco2)ccc1=O. The number of nitrogens with zero attached hydrogens (tertiary/aromatic N) is 2. The van der Waals surface area contributed by atoms with E-state index in [2.05, 4.69) is 10.3 Å². The smallest absolute Gasteiger partial charge is 0.255 e. The van der Waals surface area contributed by atoms with Crippen LogP contribution >= 0.6 is 0 Å². The number of alkyl halides is 1. The molecule has 0 radical (unpaired) electrons. The predicted molar refractivity (Wildman–Crippen MR) is 100 cm³/mol. The summed E-state index contributed by atoms with van der Waals surface area (Å²) in [6.45, 7) is 1.55. The van der Waals surface area contributed by atoms with Gasteiger partial charge in [0.25, 0.3) is 11.5 Å². The van der Waals surface area contributed by atoms with Crippen LogP contribution in [0.5, 0.6) is 0 Å². The van der Waals surface area contributed by atoms with Gasteiger partial charge in [-0.25, -0.2) is 9.37 Å². The second-order valence-electron chi connectivity index (χ2n) is 5.78. The summed E-state index contributed by atoms with van der Waals surface area (Å²) in [5.41, 5.74) is 7.66. The van der Waals surface area contributed by atoms with E-state index >= 15 is 0 Å². The van der Waals surface area contributed by atoms with Crippen molar-refractivity contribution in [2.24, 2.45) is 0 Å². The summed E-state index contributed by atoms with van der Waals surface area (Å²) in [4.78, 5) is 28.6. The van der Waals surface area contributed by atoms with E-state index in [1.165, 1.54) is 12.3 Å². The standard InChI is InChI=1S/C19H19FN4O3/c1-2-24-11-12(5-6-16(24)25)13-10-14(19(26)22-8-7-20)18(21)23-17(13)15-4-3-9-27-15/h3-6,9-11H,2,7-8H2,1H3,(H2,21,23)(H,22,26). The maximum absolute atomic E-state index is 12.4. The molecule has 0 aliphatic heterocycles. The van der Waals surface area contributed by atoms with Crippen LogP contribution in [-0.2, 0) is 6.54 Å². The molecule has 0 atom stereocenters. The van der Waals surface area contributed by atoms with Gasteiger partial charge in [-0.2, -0.15) is 0 Å². The van der Waals surface area contributed by atoms with Crippen LogP contribution in [0, 0.1) is 0 Å². The van der Waals surface area contributed by atoms with Crippen LogP contribution in [-0.4, -0.2) is 28.7 Å². The third-order valence-corrected chi connectivity index (χ3v) is 4.07. The molecule has 1 amide bonds. The van der Waals surface area contributed by atoms with Crippen molar-refractivity contribution in [2.75, 3.05) is 19.0 Å². The lowest BCUT2D eigenvalue weighted by atomic mass is 10.0. The number of hydrogen-bond donors (Lipinski definition) is 2. The lowest BCUT2D eigenvalue weighted by Crippen LogP contribution is -2.26. The summed E-state index contributed by atoms with van der Waals surface area (Å²) < 4.78 is 19.4. The summed E-state index contributed by atoms with van der Waals surface area (Å²) in [6, 6.07) is 8.12. The van der Waals surface area contributed by atoms with Crippen LogP contribution in [0.2, 0.25) is 0 Å². The molecule has 3 heterocycles. The number of pyridine rings is 2. The second-order valence-corrected chi connectivity index (χ2v) is 5.78. The van der Waals surface area contributed by atoms with Gasteiger partial charge in [0.15, 0.2) is 5.76 Å². The summed E-state index contributed by atoms with van der Waals surface area (Å²) in [7, 11) is 0. The molecule has 0 bridgehead atoms. The van der Waals surface area contributed by atoms with Gasteiger partial charge in [-0.15, -0.1) is 0 Å². The van der Waals surface area contributed by atoms with Crippen LogP contribution < -0.4 is 16.6 Å². The molecule has 0 aromatic carbocycles. The largest absolute Gasteiger partial charge is 0.463 e. The van der Waals surface area contributed by atoms with Crippen molar-refractivity contribution < 1.29 is 13.6 Å². The third kappa shape index (κ3) is 3.74. The van der Waals surface area contributed by atoms with E-state index in [0.717, 1.165) is 0 Å². The Morgan fingerprint density at radius 1 is 1.37 bits per heavy atom. The quantitative estimate of drug-likeness (QED) is 0.694. The maximum Gasteiger partial charge on any atom is 0.255 e. The van der Waals surface area contributed by atoms with Crippen molar-refractivity contribution in [3.8, 4) is 22.6 Å². The van der Waals surface area contributed by atoms with Crippen molar-refractivity contribution in [1.82, 2.24) is 14.9 Å². The highest BCUT2D eigenvalue weighted by molar-refractivity contribution is 6.00. The molecule has 3 N–H and O–H groups in total. The highest BCUT2D eigenvalue weighted by atomic mass is 19.1. The van der Waals surface area contributed by atoms with Crippen LogP contribution in [0.4, 0.5) is 10.2 Å². The molecule has 3 aromatic heterocycles. The fourth-order valence-corrected chi connectivity index (χ4v) is 2.72. The average Bonchev–Trinajstić information content (AvgIpc) is 3.21. The minimum atomic E-state index is -0.683. The van der Waals surface area contributed by atoms with Crippen molar-refractivity contribution >= 4 is 11.7 Å². The van der Waals surface area contributed by atoms with Gasteiger partial charge in [-0.05, 0) is 31.2 Å². The molecule has 8 heteroatoms. The number of nitrogens with one attached hydrogen (secondary N) is 1. The molecule has 0 unspecified atom stereocenters. The Labute approximate surface area is 154 Å². The number of carbonyl (C=O) groups is 1. The normalized spacial score (nSPS) is 10.7. The van der Waals surface area contributed by atoms with Gasteiger partial charge in [0.2, 0.25) is 0 Å². The van der Waals surface area contributed by atoms with Crippen LogP contribution in [0.3, 0.4) is 0 Å². The van der Waals surface area contributed by atoms with Gasteiger partial charge in [0.05, 0.1) is 11.8 Å². The first kappa shape index (κ1) is 18.4. The van der Waals surface area contributed by atoms with Gasteiger partial charge in [0.1, 0.15) is 18.2 Å². The number of aryl methyl sites for hydroxylation is 1. The molecule has 0 spiro atoms. The lowest BCUT2D eigenvalue weighted by molar-refractivity contribution is 0.0951. The van der Waals surface area contributed by atoms with Crippen LogP contribution in [0.1, 0.15) is 17.3 Å². The summed E-state index contributed by atoms with van der Waals surface area (Å²) in [5, 5.41) is 2.44. The van der Waals surface area contributed by atoms with Crippen LogP contribution in [0.25, 0.3) is 22.6 Å². The monoisotopic (exact) mass is 370 g/mol. The third-order valence-electron chi connectivity index (χ3n) is 4.07. The molecule has 7 nitrogen and oxygen atoms in total. The van der Waals surface area contributed by atoms with E-state index in [4.69, 9.17) is 10.2 Å². The van der Waals surface area contributed by atoms with E-state index in [9.17, 15) is 14.0 Å². The number of anilines is 1. The zero-order valence-electron chi connectivity index (χ0n) is 14.7. The summed E-state index contributed by atoms with van der Waals surface area (Å²) >= 11 is 0. The molecule has 0 saturated carbocycles. The Morgan fingerprint density at radius 2 is 2.19 bits per heavy atom. The van der Waals surface area contributed by atoms with E-state index < -0.39 is 12.6 Å². The Kier molecular flexibility index (Phi) is 5.35. The number of nitrogens with two attached hydrogens (primary N) is 1. The molecule has 0 aliphatic rings. The number of furan rings is 1. The number of carbonyl (C=O) groups excluding carboxylic acids is 1. The molecule has 3 aromatic rings. The number of rotatable bonds is 6. The van der Waals surface area contributed by atoms with Crippen LogP contribution in [0.15, 0.2) is 52.0 Å². The first-order chi connectivity index (χ1) is 13.0. The summed E-state index contributed by atoms with van der Waals surface area (Å²) in [6.07, 6.45) is 3.19. The summed E-state index contributed by atoms with van der Waals surface area (Å²) in [5.74, 6) is -0.0410. The van der Waals surface area contributed by atoms with Gasteiger partial charge in [-0.1, -0.05) is 0 Å². The number of halogens is 1. The van der Waals surface area contributed by atoms with Crippen molar-refractivity contribution in [1.29, 1.82) is 0 Å². The van der Waals surface area contributed by atoms with E-state index in [-0.39, 0.29) is 23.5 Å². The zero-order chi connectivity index (χ0) is 19.4. The van der Waals surface area contributed by atoms with Crippen molar-refractivity contribution in [2.45, 2.75) is 13.5 Å². The van der Waals surface area contributed by atoms with E-state index in [1.807, 2.05) is 6.92 Å². The Hall–Kier alpha value is -3.42. The Morgan fingerprint density at radius 3 is 2.85 bits per heavy atom. The molecular weight excluding hydrogens is 351 g/mol. The lowest BCUT2D eigenvalue weighted by Gasteiger charge is -2.13. The molecule has 3 rings (SSSR count). The minimum Gasteiger partial charge on any atom is -0.463 e. The molecule has 0 saturated heterocycles. The number of hydrogen-bond acceptors (Lipinski definition) is 5. The molecule has 0 fully saturated rings. The number of amides is 1. The topological polar surface area (TPSA) is 103 Å². The molecule has 140 valence electrons. The fourth-order valence-electron chi connectivity index (χ4n) is 2.72. The number of nitrogen functional groups attached to an aromatic ring is 1. The minimum absolute atomic E-state index is 0.00493. The Bertz CT molecular complexity index is 1010. The molecule has 0 aliphatic carbocycles. The van der Waals surface area contributed by atoms with Gasteiger partial charge in [-0.3, -0.25) is 9.59 Å². The highest BCUT2D eigenvalue weighted by Gasteiger charge is 2.19.